The Morgan fingerprint density at radius 3 is 1.89 bits per heavy atom. The van der Waals surface area contributed by atoms with Crippen LogP contribution in [0.25, 0.3) is 0 Å². The maximum absolute atomic E-state index is 12.1. The maximum Gasteiger partial charge on any atom is 0.335 e. The third-order valence-corrected chi connectivity index (χ3v) is 6.87. The Balaban J connectivity index is 2.80. The second-order valence-electron chi connectivity index (χ2n) is 9.91. The molecule has 1 rings (SSSR count). The van der Waals surface area contributed by atoms with E-state index in [9.17, 15) is 9.59 Å². The highest BCUT2D eigenvalue weighted by Crippen LogP contribution is 2.35. The first-order chi connectivity index (χ1) is 16.6. The summed E-state index contributed by atoms with van der Waals surface area (Å²) in [6.45, 7) is 14.4. The van der Waals surface area contributed by atoms with Crippen LogP contribution in [0, 0.1) is 11.3 Å². The lowest BCUT2D eigenvalue weighted by molar-refractivity contribution is -0.151. The molecule has 0 saturated heterocycles. The topological polar surface area (TPSA) is 93.1 Å². The molecule has 1 aromatic carbocycles. The van der Waals surface area contributed by atoms with Gasteiger partial charge in [0.2, 0.25) is 0 Å². The molecule has 2 unspecified atom stereocenters. The summed E-state index contributed by atoms with van der Waals surface area (Å²) in [6.07, 6.45) is 6.54. The number of unbranched alkanes of at least 4 members (excludes halogenated alkanes) is 2. The van der Waals surface area contributed by atoms with Gasteiger partial charge in [0.25, 0.3) is 0 Å². The molecule has 0 amide bonds. The van der Waals surface area contributed by atoms with Crippen LogP contribution in [0.15, 0.2) is 48.6 Å². The number of carbonyl (C=O) groups excluding carboxylic acids is 2. The van der Waals surface area contributed by atoms with Crippen LogP contribution in [0.3, 0.4) is 0 Å². The average Bonchev–Trinajstić information content (AvgIpc) is 2.88. The number of esters is 2. The standard InChI is InChI=1S/C29H44O6/c1-7-8-9-10-25-13-15-26(16-14-25)21(2)11-12-24(5)29(6,19-34-27(32)22(3)17-30)20-35-28(33)23(4)18-31/h13-16,21,24,30-31H,3-4,7-12,17-20H2,1-2,5-6H3. The molecule has 2 atom stereocenters. The second-order valence-corrected chi connectivity index (χ2v) is 9.91. The highest BCUT2D eigenvalue weighted by atomic mass is 16.5. The molecule has 0 heterocycles. The van der Waals surface area contributed by atoms with Crippen molar-refractivity contribution in [3.05, 3.63) is 59.7 Å². The lowest BCUT2D eigenvalue weighted by Crippen LogP contribution is -2.38. The van der Waals surface area contributed by atoms with E-state index in [1.807, 2.05) is 13.8 Å². The Hall–Kier alpha value is -2.44. The van der Waals surface area contributed by atoms with Crippen molar-refractivity contribution >= 4 is 11.9 Å². The Labute approximate surface area is 211 Å². The first-order valence-electron chi connectivity index (χ1n) is 12.6. The van der Waals surface area contributed by atoms with E-state index in [2.05, 4.69) is 51.3 Å². The zero-order valence-electron chi connectivity index (χ0n) is 22.0. The molecule has 0 aliphatic carbocycles. The van der Waals surface area contributed by atoms with Gasteiger partial charge in [-0.15, -0.1) is 0 Å². The minimum Gasteiger partial charge on any atom is -0.462 e. The summed E-state index contributed by atoms with van der Waals surface area (Å²) in [7, 11) is 0. The van der Waals surface area contributed by atoms with Crippen LogP contribution in [0.4, 0.5) is 0 Å². The highest BCUT2D eigenvalue weighted by Gasteiger charge is 2.35. The van der Waals surface area contributed by atoms with Crippen LogP contribution in [0.1, 0.15) is 76.8 Å². The third kappa shape index (κ3) is 10.4. The highest BCUT2D eigenvalue weighted by molar-refractivity contribution is 5.88. The van der Waals surface area contributed by atoms with Gasteiger partial charge in [0.05, 0.1) is 24.4 Å². The summed E-state index contributed by atoms with van der Waals surface area (Å²) < 4.78 is 10.8. The normalized spacial score (nSPS) is 13.1. The Bertz CT molecular complexity index is 794. The fraction of sp³-hybridized carbons (Fsp3) is 0.586. The zero-order valence-corrected chi connectivity index (χ0v) is 22.0. The molecule has 0 spiro atoms. The van der Waals surface area contributed by atoms with Gasteiger partial charge in [0, 0.05) is 5.41 Å². The predicted molar refractivity (Wildman–Crippen MR) is 139 cm³/mol. The molecule has 6 nitrogen and oxygen atoms in total. The van der Waals surface area contributed by atoms with Gasteiger partial charge in [-0.25, -0.2) is 9.59 Å². The van der Waals surface area contributed by atoms with Crippen molar-refractivity contribution in [3.63, 3.8) is 0 Å². The fourth-order valence-corrected chi connectivity index (χ4v) is 3.73. The smallest absolute Gasteiger partial charge is 0.335 e. The quantitative estimate of drug-likeness (QED) is 0.179. The van der Waals surface area contributed by atoms with Crippen LogP contribution < -0.4 is 0 Å². The van der Waals surface area contributed by atoms with Gasteiger partial charge in [-0.3, -0.25) is 0 Å². The number of rotatable bonds is 17. The molecule has 0 bridgehead atoms. The average molecular weight is 489 g/mol. The molecule has 196 valence electrons. The van der Waals surface area contributed by atoms with Crippen LogP contribution >= 0.6 is 0 Å². The van der Waals surface area contributed by atoms with Gasteiger partial charge < -0.3 is 19.7 Å². The summed E-state index contributed by atoms with van der Waals surface area (Å²) in [4.78, 5) is 24.1. The first-order valence-corrected chi connectivity index (χ1v) is 12.6. The molecule has 0 radical (unpaired) electrons. The molecule has 35 heavy (non-hydrogen) atoms. The van der Waals surface area contributed by atoms with Crippen molar-refractivity contribution in [2.45, 2.75) is 72.1 Å². The van der Waals surface area contributed by atoms with Gasteiger partial charge in [0.15, 0.2) is 0 Å². The number of hydrogen-bond acceptors (Lipinski definition) is 6. The van der Waals surface area contributed by atoms with Gasteiger partial charge in [0.1, 0.15) is 13.2 Å². The summed E-state index contributed by atoms with van der Waals surface area (Å²) >= 11 is 0. The van der Waals surface area contributed by atoms with Gasteiger partial charge >= 0.3 is 11.9 Å². The molecule has 0 aromatic heterocycles. The fourth-order valence-electron chi connectivity index (χ4n) is 3.73. The number of aliphatic hydroxyl groups excluding tert-OH is 2. The number of aliphatic hydroxyl groups is 2. The second kappa shape index (κ2) is 15.5. The van der Waals surface area contributed by atoms with Crippen LogP contribution in [0.5, 0.6) is 0 Å². The van der Waals surface area contributed by atoms with E-state index >= 15 is 0 Å². The number of aryl methyl sites for hydroxylation is 1. The van der Waals surface area contributed by atoms with Crippen molar-refractivity contribution < 1.29 is 29.3 Å². The Morgan fingerprint density at radius 1 is 0.914 bits per heavy atom. The number of benzene rings is 1. The molecule has 0 aliphatic heterocycles. The van der Waals surface area contributed by atoms with E-state index < -0.39 is 30.6 Å². The monoisotopic (exact) mass is 488 g/mol. The largest absolute Gasteiger partial charge is 0.462 e. The van der Waals surface area contributed by atoms with Crippen molar-refractivity contribution in [2.24, 2.45) is 11.3 Å². The van der Waals surface area contributed by atoms with Crippen molar-refractivity contribution in [3.8, 4) is 0 Å². The van der Waals surface area contributed by atoms with Crippen molar-refractivity contribution in [1.82, 2.24) is 0 Å². The SMILES string of the molecule is C=C(CO)C(=O)OCC(C)(COC(=O)C(=C)CO)C(C)CCC(C)c1ccc(CCCCC)cc1. The van der Waals surface area contributed by atoms with E-state index in [1.54, 1.807) is 0 Å². The first kappa shape index (κ1) is 30.6. The third-order valence-electron chi connectivity index (χ3n) is 6.87. The van der Waals surface area contributed by atoms with Gasteiger partial charge in [-0.1, -0.05) is 78.0 Å². The van der Waals surface area contributed by atoms with E-state index in [0.717, 1.165) is 19.3 Å². The molecule has 0 fully saturated rings. The molecule has 0 aliphatic rings. The van der Waals surface area contributed by atoms with Crippen LogP contribution in [-0.4, -0.2) is 48.6 Å². The Kier molecular flexibility index (Phi) is 13.6. The minimum atomic E-state index is -0.676. The molecular formula is C29H44O6. The molecule has 1 aromatic rings. The van der Waals surface area contributed by atoms with E-state index in [1.165, 1.54) is 30.4 Å². The van der Waals surface area contributed by atoms with Gasteiger partial charge in [-0.2, -0.15) is 0 Å². The van der Waals surface area contributed by atoms with Crippen molar-refractivity contribution in [2.75, 3.05) is 26.4 Å². The van der Waals surface area contributed by atoms with Crippen LogP contribution in [0.2, 0.25) is 0 Å². The number of carbonyl (C=O) groups is 2. The van der Waals surface area contributed by atoms with Crippen LogP contribution in [-0.2, 0) is 25.5 Å². The van der Waals surface area contributed by atoms with E-state index in [4.69, 9.17) is 19.7 Å². The maximum atomic E-state index is 12.1. The molecule has 6 heteroatoms. The summed E-state index contributed by atoms with van der Waals surface area (Å²) in [5.74, 6) is -0.961. The van der Waals surface area contributed by atoms with Gasteiger partial charge in [-0.05, 0) is 48.6 Å². The zero-order chi connectivity index (χ0) is 26.4. The number of ether oxygens (including phenoxy) is 2. The lowest BCUT2D eigenvalue weighted by atomic mass is 9.75. The Morgan fingerprint density at radius 2 is 1.43 bits per heavy atom. The predicted octanol–water partition coefficient (Wildman–Crippen LogP) is 5.13. The van der Waals surface area contributed by atoms with Crippen molar-refractivity contribution in [1.29, 1.82) is 0 Å². The molecule has 0 saturated carbocycles. The minimum absolute atomic E-state index is 0.00569. The number of hydrogen-bond donors (Lipinski definition) is 2. The lowest BCUT2D eigenvalue weighted by Gasteiger charge is -2.35. The summed E-state index contributed by atoms with van der Waals surface area (Å²) in [6, 6.07) is 8.85. The van der Waals surface area contributed by atoms with E-state index in [-0.39, 0.29) is 30.3 Å². The summed E-state index contributed by atoms with van der Waals surface area (Å²) in [5, 5.41) is 18.3. The summed E-state index contributed by atoms with van der Waals surface area (Å²) in [5.41, 5.74) is 1.93. The molecular weight excluding hydrogens is 444 g/mol. The molecule has 2 N–H and O–H groups in total. The van der Waals surface area contributed by atoms with E-state index in [0.29, 0.717) is 5.92 Å².